The molecule has 3 unspecified atom stereocenters. The van der Waals surface area contributed by atoms with Crippen LogP contribution in [0.2, 0.25) is 0 Å². The van der Waals surface area contributed by atoms with E-state index in [2.05, 4.69) is 4.90 Å². The van der Waals surface area contributed by atoms with E-state index in [-0.39, 0.29) is 23.5 Å². The van der Waals surface area contributed by atoms with Crippen LogP contribution in [-0.4, -0.2) is 67.3 Å². The number of amides is 1. The number of hydrogen-bond acceptors (Lipinski definition) is 4. The summed E-state index contributed by atoms with van der Waals surface area (Å²) in [6, 6.07) is 0.469. The van der Waals surface area contributed by atoms with Gasteiger partial charge in [0, 0.05) is 18.6 Å². The number of sulfone groups is 1. The Bertz CT molecular complexity index is 532. The molecule has 3 atom stereocenters. The highest BCUT2D eigenvalue weighted by molar-refractivity contribution is 7.91. The smallest absolute Gasteiger partial charge is 0.237 e. The minimum atomic E-state index is -2.94. The molecule has 23 heavy (non-hydrogen) atoms. The van der Waals surface area contributed by atoms with E-state index in [1.807, 2.05) is 11.8 Å². The maximum Gasteiger partial charge on any atom is 0.237 e. The van der Waals surface area contributed by atoms with E-state index in [0.717, 1.165) is 12.5 Å². The summed E-state index contributed by atoms with van der Waals surface area (Å²) in [5.74, 6) is 1.28. The van der Waals surface area contributed by atoms with Crippen LogP contribution in [0.15, 0.2) is 0 Å². The second-order valence-corrected chi connectivity index (χ2v) is 9.69. The lowest BCUT2D eigenvalue weighted by atomic mass is 9.78. The molecule has 3 aliphatic rings. The van der Waals surface area contributed by atoms with Crippen molar-refractivity contribution in [3.05, 3.63) is 0 Å². The average Bonchev–Trinajstić information content (AvgIpc) is 2.88. The Hall–Kier alpha value is -0.620. The molecule has 2 aliphatic heterocycles. The Morgan fingerprint density at radius 3 is 2.57 bits per heavy atom. The molecule has 1 aliphatic carbocycles. The Balaban J connectivity index is 1.62. The molecular weight excluding hydrogens is 312 g/mol. The Morgan fingerprint density at radius 2 is 1.87 bits per heavy atom. The number of piperidine rings is 1. The second kappa shape index (κ2) is 7.09. The third-order valence-corrected chi connectivity index (χ3v) is 7.76. The van der Waals surface area contributed by atoms with Gasteiger partial charge in [0.25, 0.3) is 0 Å². The zero-order valence-electron chi connectivity index (χ0n) is 14.2. The molecule has 3 fully saturated rings. The van der Waals surface area contributed by atoms with Crippen molar-refractivity contribution in [1.29, 1.82) is 0 Å². The zero-order valence-corrected chi connectivity index (χ0v) is 15.1. The summed E-state index contributed by atoms with van der Waals surface area (Å²) in [6.07, 6.45) is 8.27. The molecule has 0 bridgehead atoms. The maximum absolute atomic E-state index is 12.8. The molecule has 132 valence electrons. The number of fused-ring (bicyclic) bond motifs is 1. The molecule has 3 rings (SSSR count). The van der Waals surface area contributed by atoms with E-state index in [1.165, 1.54) is 38.5 Å². The van der Waals surface area contributed by atoms with Crippen molar-refractivity contribution in [3.63, 3.8) is 0 Å². The Labute approximate surface area is 140 Å². The molecule has 1 saturated carbocycles. The first kappa shape index (κ1) is 17.2. The lowest BCUT2D eigenvalue weighted by Gasteiger charge is -2.44. The van der Waals surface area contributed by atoms with Gasteiger partial charge in [-0.15, -0.1) is 0 Å². The van der Waals surface area contributed by atoms with Crippen molar-refractivity contribution in [2.24, 2.45) is 5.92 Å². The van der Waals surface area contributed by atoms with Crippen LogP contribution in [0.1, 0.15) is 51.9 Å². The molecule has 2 saturated heterocycles. The van der Waals surface area contributed by atoms with Gasteiger partial charge in [-0.1, -0.05) is 12.8 Å². The zero-order chi connectivity index (χ0) is 16.4. The van der Waals surface area contributed by atoms with Crippen molar-refractivity contribution in [2.45, 2.75) is 64.0 Å². The summed E-state index contributed by atoms with van der Waals surface area (Å²) in [5.41, 5.74) is 0. The van der Waals surface area contributed by atoms with Crippen LogP contribution in [0.3, 0.4) is 0 Å². The minimum Gasteiger partial charge on any atom is -0.338 e. The molecule has 0 spiro atoms. The van der Waals surface area contributed by atoms with Gasteiger partial charge >= 0.3 is 0 Å². The van der Waals surface area contributed by atoms with Gasteiger partial charge in [0.15, 0.2) is 9.84 Å². The van der Waals surface area contributed by atoms with E-state index < -0.39 is 9.84 Å². The van der Waals surface area contributed by atoms with Crippen LogP contribution in [0, 0.1) is 5.92 Å². The highest BCUT2D eigenvalue weighted by atomic mass is 32.2. The largest absolute Gasteiger partial charge is 0.338 e. The van der Waals surface area contributed by atoms with Crippen LogP contribution in [0.4, 0.5) is 0 Å². The SMILES string of the molecule is CCN(C(=O)CN1CCCC2CCCCC21)C1CCS(=O)(=O)C1. The van der Waals surface area contributed by atoms with Crippen LogP contribution < -0.4 is 0 Å². The molecule has 0 aromatic carbocycles. The summed E-state index contributed by atoms with van der Waals surface area (Å²) < 4.78 is 23.4. The Morgan fingerprint density at radius 1 is 1.13 bits per heavy atom. The predicted molar refractivity (Wildman–Crippen MR) is 91.0 cm³/mol. The van der Waals surface area contributed by atoms with Crippen molar-refractivity contribution in [1.82, 2.24) is 9.80 Å². The van der Waals surface area contributed by atoms with Gasteiger partial charge in [0.2, 0.25) is 5.91 Å². The standard InChI is InChI=1S/C17H30N2O3S/c1-2-19(15-9-11-23(21,22)13-15)17(20)12-18-10-5-7-14-6-3-4-8-16(14)18/h14-16H,2-13H2,1H3. The molecule has 0 N–H and O–H groups in total. The monoisotopic (exact) mass is 342 g/mol. The van der Waals surface area contributed by atoms with Gasteiger partial charge in [-0.2, -0.15) is 0 Å². The maximum atomic E-state index is 12.8. The highest BCUT2D eigenvalue weighted by Gasteiger charge is 2.37. The van der Waals surface area contributed by atoms with Crippen molar-refractivity contribution >= 4 is 15.7 Å². The Kier molecular flexibility index (Phi) is 5.31. The quantitative estimate of drug-likeness (QED) is 0.780. The topological polar surface area (TPSA) is 57.7 Å². The minimum absolute atomic E-state index is 0.107. The molecule has 2 heterocycles. The van der Waals surface area contributed by atoms with E-state index >= 15 is 0 Å². The number of hydrogen-bond donors (Lipinski definition) is 0. The van der Waals surface area contributed by atoms with Crippen LogP contribution >= 0.6 is 0 Å². The van der Waals surface area contributed by atoms with E-state index in [9.17, 15) is 13.2 Å². The fourth-order valence-electron chi connectivity index (χ4n) is 4.85. The molecule has 1 amide bonds. The number of likely N-dealkylation sites (tertiary alicyclic amines) is 1. The first-order valence-corrected chi connectivity index (χ1v) is 11.1. The normalized spacial score (nSPS) is 34.0. The number of rotatable bonds is 4. The van der Waals surface area contributed by atoms with Crippen molar-refractivity contribution < 1.29 is 13.2 Å². The van der Waals surface area contributed by atoms with Crippen LogP contribution in [0.25, 0.3) is 0 Å². The molecular formula is C17H30N2O3S. The molecule has 6 heteroatoms. The van der Waals surface area contributed by atoms with Crippen molar-refractivity contribution in [3.8, 4) is 0 Å². The van der Waals surface area contributed by atoms with E-state index in [4.69, 9.17) is 0 Å². The van der Waals surface area contributed by atoms with Gasteiger partial charge in [-0.05, 0) is 51.5 Å². The number of carbonyl (C=O) groups is 1. The summed E-state index contributed by atoms with van der Waals surface area (Å²) in [7, 11) is -2.94. The summed E-state index contributed by atoms with van der Waals surface area (Å²) in [4.78, 5) is 17.0. The van der Waals surface area contributed by atoms with Crippen molar-refractivity contribution in [2.75, 3.05) is 31.1 Å². The third-order valence-electron chi connectivity index (χ3n) is 6.01. The van der Waals surface area contributed by atoms with Gasteiger partial charge in [-0.25, -0.2) is 8.42 Å². The summed E-state index contributed by atoms with van der Waals surface area (Å²) in [5, 5.41) is 0. The van der Waals surface area contributed by atoms with Crippen LogP contribution in [-0.2, 0) is 14.6 Å². The average molecular weight is 343 g/mol. The molecule has 5 nitrogen and oxygen atoms in total. The van der Waals surface area contributed by atoms with Gasteiger partial charge in [-0.3, -0.25) is 9.69 Å². The fraction of sp³-hybridized carbons (Fsp3) is 0.941. The summed E-state index contributed by atoms with van der Waals surface area (Å²) >= 11 is 0. The van der Waals surface area contributed by atoms with Crippen LogP contribution in [0.5, 0.6) is 0 Å². The third kappa shape index (κ3) is 3.90. The number of likely N-dealkylation sites (N-methyl/N-ethyl adjacent to an activating group) is 1. The molecule has 0 aromatic rings. The lowest BCUT2D eigenvalue weighted by Crippen LogP contribution is -2.52. The first-order chi connectivity index (χ1) is 11.0. The summed E-state index contributed by atoms with van der Waals surface area (Å²) in [6.45, 7) is 4.07. The number of nitrogens with zero attached hydrogens (tertiary/aromatic N) is 2. The molecule has 0 radical (unpaired) electrons. The predicted octanol–water partition coefficient (Wildman–Crippen LogP) is 1.68. The van der Waals surface area contributed by atoms with Gasteiger partial charge in [0.1, 0.15) is 0 Å². The second-order valence-electron chi connectivity index (χ2n) is 7.46. The van der Waals surface area contributed by atoms with Gasteiger partial charge < -0.3 is 4.90 Å². The lowest BCUT2D eigenvalue weighted by molar-refractivity contribution is -0.135. The highest BCUT2D eigenvalue weighted by Crippen LogP contribution is 2.35. The molecule has 0 aromatic heterocycles. The fourth-order valence-corrected chi connectivity index (χ4v) is 6.58. The van der Waals surface area contributed by atoms with Gasteiger partial charge in [0.05, 0.1) is 18.1 Å². The van der Waals surface area contributed by atoms with E-state index in [1.54, 1.807) is 0 Å². The van der Waals surface area contributed by atoms with E-state index in [0.29, 0.717) is 25.6 Å². The first-order valence-electron chi connectivity index (χ1n) is 9.24. The number of carbonyl (C=O) groups excluding carboxylic acids is 1.